The number of carbonyl (C=O) groups is 2. The number of ether oxygens (including phenoxy) is 1. The van der Waals surface area contributed by atoms with Gasteiger partial charge in [0.15, 0.2) is 18.0 Å². The quantitative estimate of drug-likeness (QED) is 0.0280. The summed E-state index contributed by atoms with van der Waals surface area (Å²) in [5.74, 6) is -3.40. The van der Waals surface area contributed by atoms with Gasteiger partial charge in [-0.25, -0.2) is 23.6 Å². The molecule has 294 valence electrons. The van der Waals surface area contributed by atoms with E-state index in [1.165, 1.54) is 29.4 Å². The second-order valence-electron chi connectivity index (χ2n) is 12.0. The smallest absolute Gasteiger partial charge is 0.471 e. The number of phosphoric acid groups is 1. The van der Waals surface area contributed by atoms with Crippen molar-refractivity contribution in [3.8, 4) is 22.0 Å². The van der Waals surface area contributed by atoms with Crippen molar-refractivity contribution >= 4 is 42.7 Å². The zero-order chi connectivity index (χ0) is 39.6. The summed E-state index contributed by atoms with van der Waals surface area (Å²) in [7, 11) is -4.73. The van der Waals surface area contributed by atoms with E-state index in [0.29, 0.717) is 36.6 Å². The van der Waals surface area contributed by atoms with Crippen molar-refractivity contribution in [2.24, 2.45) is 11.5 Å². The van der Waals surface area contributed by atoms with Crippen LogP contribution in [0.15, 0.2) is 36.1 Å². The summed E-state index contributed by atoms with van der Waals surface area (Å²) >= 11 is 1.14. The van der Waals surface area contributed by atoms with Crippen LogP contribution in [0.2, 0.25) is 0 Å². The lowest BCUT2D eigenvalue weighted by atomic mass is 9.93. The van der Waals surface area contributed by atoms with E-state index in [4.69, 9.17) is 36.5 Å². The molecule has 0 aliphatic heterocycles. The molecule has 0 spiro atoms. The summed E-state index contributed by atoms with van der Waals surface area (Å²) in [6.07, 6.45) is 7.74. The molecular formula is C31H42F2N11O8PS. The molecule has 4 heterocycles. The number of pyridine rings is 1. The fraction of sp³-hybridized carbons (Fsp3) is 0.452. The van der Waals surface area contributed by atoms with Crippen molar-refractivity contribution < 1.29 is 47.1 Å². The molecule has 1 saturated carbocycles. The summed E-state index contributed by atoms with van der Waals surface area (Å²) in [4.78, 5) is 49.5. The predicted octanol–water partition coefficient (Wildman–Crippen LogP) is 3.61. The summed E-state index contributed by atoms with van der Waals surface area (Å²) in [6.45, 7) is 4.48. The first-order valence-corrected chi connectivity index (χ1v) is 19.1. The van der Waals surface area contributed by atoms with Crippen LogP contribution < -0.4 is 22.1 Å². The summed E-state index contributed by atoms with van der Waals surface area (Å²) < 4.78 is 53.1. The van der Waals surface area contributed by atoms with E-state index in [2.05, 4.69) is 35.3 Å². The highest BCUT2D eigenvalue weighted by molar-refractivity contribution is 7.46. The molecule has 0 bridgehead atoms. The maximum Gasteiger partial charge on any atom is 0.471 e. The molecule has 1 aliphatic carbocycles. The SMILES string of the molecule is CCOC1CCC(n2cc(NC(=O)c3csc(-c4cnn(C(C)OP(=O)(O)O)c4)n3)c(-c3nc(F)ccc3F)n2)CC1.N=C(N)NCCCC(N)C(=O)O. The Balaban J connectivity index is 0.000000467. The molecule has 23 heteroatoms. The fourth-order valence-corrected chi connectivity index (χ4v) is 6.67. The standard InChI is InChI=1S/C25H28F2N7O6PS.C6H14N4O2/c1-3-39-17-6-4-16(5-7-17)34-12-19(23(32-34)22-18(26)8-9-21(27)31-22)29-24(35)20-13-42-25(30-20)15-10-28-33(11-15)14(2)40-41(36,37)38;7-4(5(11)12)2-1-3-10-6(8)9/h8-14,16-17H,3-7H2,1-2H3,(H,29,35)(H2,36,37,38);4H,1-3,7H2,(H,11,12)(H4,8,9,10). The normalized spacial score (nSPS) is 16.9. The van der Waals surface area contributed by atoms with Gasteiger partial charge in [0.05, 0.1) is 24.0 Å². The number of nitrogens with two attached hydrogens (primary N) is 2. The molecular weight excluding hydrogens is 755 g/mol. The summed E-state index contributed by atoms with van der Waals surface area (Å²) in [6, 6.07) is 1.01. The zero-order valence-electron chi connectivity index (χ0n) is 29.3. The van der Waals surface area contributed by atoms with Crippen molar-refractivity contribution in [3.63, 3.8) is 0 Å². The van der Waals surface area contributed by atoms with Gasteiger partial charge >= 0.3 is 13.8 Å². The number of aromatic nitrogens is 6. The number of thiazole rings is 1. The minimum absolute atomic E-state index is 0.0111. The number of amides is 1. The highest BCUT2D eigenvalue weighted by Gasteiger charge is 2.27. The number of nitrogens with one attached hydrogen (secondary N) is 3. The number of rotatable bonds is 15. The number of aliphatic carboxylic acids is 1. The van der Waals surface area contributed by atoms with E-state index in [1.54, 1.807) is 10.9 Å². The number of guanidine groups is 1. The molecule has 4 aromatic heterocycles. The number of carbonyl (C=O) groups excluding carboxylic acids is 1. The van der Waals surface area contributed by atoms with Gasteiger partial charge in [-0.2, -0.15) is 14.6 Å². The Morgan fingerprint density at radius 1 is 1.17 bits per heavy atom. The summed E-state index contributed by atoms with van der Waals surface area (Å²) in [5.41, 5.74) is 10.6. The third-order valence-corrected chi connectivity index (χ3v) is 9.48. The molecule has 1 aliphatic rings. The van der Waals surface area contributed by atoms with Gasteiger partial charge in [0.2, 0.25) is 5.95 Å². The van der Waals surface area contributed by atoms with Crippen LogP contribution in [0.3, 0.4) is 0 Å². The predicted molar refractivity (Wildman–Crippen MR) is 192 cm³/mol. The molecule has 1 amide bonds. The number of hydrogen-bond donors (Lipinski definition) is 8. The largest absolute Gasteiger partial charge is 0.480 e. The van der Waals surface area contributed by atoms with E-state index in [0.717, 1.165) is 49.2 Å². The van der Waals surface area contributed by atoms with Gasteiger partial charge in [-0.3, -0.25) is 24.2 Å². The molecule has 4 aromatic rings. The molecule has 2 unspecified atom stereocenters. The van der Waals surface area contributed by atoms with Gasteiger partial charge in [-0.1, -0.05) is 0 Å². The van der Waals surface area contributed by atoms with Gasteiger partial charge in [-0.05, 0) is 64.5 Å². The average Bonchev–Trinajstić information content (AvgIpc) is 3.88. The number of anilines is 1. The third-order valence-electron chi connectivity index (χ3n) is 8.01. The maximum atomic E-state index is 14.7. The molecule has 0 saturated heterocycles. The molecule has 10 N–H and O–H groups in total. The lowest BCUT2D eigenvalue weighted by Gasteiger charge is -2.28. The summed E-state index contributed by atoms with van der Waals surface area (Å²) in [5, 5.41) is 30.9. The van der Waals surface area contributed by atoms with Gasteiger partial charge in [0.25, 0.3) is 5.91 Å². The molecule has 0 radical (unpaired) electrons. The molecule has 54 heavy (non-hydrogen) atoms. The van der Waals surface area contributed by atoms with E-state index in [1.807, 2.05) is 6.92 Å². The Morgan fingerprint density at radius 2 is 1.89 bits per heavy atom. The molecule has 0 aromatic carbocycles. The van der Waals surface area contributed by atoms with E-state index < -0.39 is 43.7 Å². The average molecular weight is 798 g/mol. The number of nitrogens with zero attached hydrogens (tertiary/aromatic N) is 6. The molecule has 1 fully saturated rings. The van der Waals surface area contributed by atoms with Crippen molar-refractivity contribution in [2.75, 3.05) is 18.5 Å². The molecule has 19 nitrogen and oxygen atoms in total. The Labute approximate surface area is 311 Å². The van der Waals surface area contributed by atoms with Crippen LogP contribution in [0.4, 0.5) is 14.5 Å². The fourth-order valence-electron chi connectivity index (χ4n) is 5.40. The number of halogens is 2. The Morgan fingerprint density at radius 3 is 2.54 bits per heavy atom. The minimum Gasteiger partial charge on any atom is -0.480 e. The van der Waals surface area contributed by atoms with Crippen LogP contribution in [-0.4, -0.2) is 87.6 Å². The van der Waals surface area contributed by atoms with Crippen LogP contribution in [0.5, 0.6) is 0 Å². The number of hydrogen-bond acceptors (Lipinski definition) is 12. The third kappa shape index (κ3) is 12.2. The molecule has 5 rings (SSSR count). The second-order valence-corrected chi connectivity index (χ2v) is 14.1. The van der Waals surface area contributed by atoms with E-state index >= 15 is 0 Å². The van der Waals surface area contributed by atoms with Crippen molar-refractivity contribution in [2.45, 2.75) is 76.8 Å². The highest BCUT2D eigenvalue weighted by Crippen LogP contribution is 2.40. The van der Waals surface area contributed by atoms with Crippen LogP contribution in [-0.2, 0) is 18.6 Å². The maximum absolute atomic E-state index is 14.7. The first-order chi connectivity index (χ1) is 25.5. The van der Waals surface area contributed by atoms with Crippen molar-refractivity contribution in [1.82, 2.24) is 34.8 Å². The second kappa shape index (κ2) is 19.1. The lowest BCUT2D eigenvalue weighted by molar-refractivity contribution is -0.138. The number of phosphoric ester groups is 1. The van der Waals surface area contributed by atoms with Crippen LogP contribution in [0.25, 0.3) is 22.0 Å². The Bertz CT molecular complexity index is 1950. The number of carboxylic acids is 1. The Kier molecular flexibility index (Phi) is 14.8. The Hall–Kier alpha value is -4.70. The van der Waals surface area contributed by atoms with Gasteiger partial charge in [0, 0.05) is 36.5 Å². The molecule has 2 atom stereocenters. The zero-order valence-corrected chi connectivity index (χ0v) is 31.0. The van der Waals surface area contributed by atoms with E-state index in [-0.39, 0.29) is 40.9 Å². The van der Waals surface area contributed by atoms with Crippen molar-refractivity contribution in [3.05, 3.63) is 53.6 Å². The minimum atomic E-state index is -4.73. The topological polar surface area (TPSA) is 292 Å². The van der Waals surface area contributed by atoms with E-state index in [9.17, 15) is 22.9 Å². The van der Waals surface area contributed by atoms with Gasteiger partial charge in [-0.15, -0.1) is 11.3 Å². The van der Waals surface area contributed by atoms with Crippen LogP contribution >= 0.6 is 19.2 Å². The lowest BCUT2D eigenvalue weighted by Crippen LogP contribution is -2.34. The first-order valence-electron chi connectivity index (χ1n) is 16.7. The van der Waals surface area contributed by atoms with Gasteiger partial charge < -0.3 is 41.7 Å². The monoisotopic (exact) mass is 797 g/mol. The first kappa shape index (κ1) is 42.0. The van der Waals surface area contributed by atoms with Crippen molar-refractivity contribution in [1.29, 1.82) is 5.41 Å². The van der Waals surface area contributed by atoms with Crippen LogP contribution in [0.1, 0.15) is 75.1 Å². The highest BCUT2D eigenvalue weighted by atomic mass is 32.1. The van der Waals surface area contributed by atoms with Gasteiger partial charge in [0.1, 0.15) is 28.1 Å². The number of carboxylic acid groups (broad SMARTS) is 1. The van der Waals surface area contributed by atoms with Crippen LogP contribution in [0, 0.1) is 17.2 Å².